The van der Waals surface area contributed by atoms with Crippen LogP contribution >= 0.6 is 0 Å². The Kier molecular flexibility index (Phi) is 5.82. The molecule has 1 amide bonds. The molecule has 1 N–H and O–H groups in total. The summed E-state index contributed by atoms with van der Waals surface area (Å²) in [4.78, 5) is 27.1. The number of rotatable bonds is 5. The third-order valence-electron chi connectivity index (χ3n) is 7.31. The fraction of sp³-hybridized carbons (Fsp3) is 0.423. The minimum atomic E-state index is -0.380. The molecular formula is C26H33BN4O3. The van der Waals surface area contributed by atoms with Gasteiger partial charge in [0.15, 0.2) is 0 Å². The molecule has 3 aromatic rings. The number of nitrogens with zero attached hydrogens (tertiary/aromatic N) is 3. The summed E-state index contributed by atoms with van der Waals surface area (Å²) in [7, 11) is -0.380. The highest BCUT2D eigenvalue weighted by atomic mass is 16.7. The molecule has 4 heterocycles. The Morgan fingerprint density at radius 1 is 1.15 bits per heavy atom. The second-order valence-corrected chi connectivity index (χ2v) is 10.2. The molecule has 0 unspecified atom stereocenters. The summed E-state index contributed by atoms with van der Waals surface area (Å²) in [6.07, 6.45) is 7.56. The highest BCUT2D eigenvalue weighted by Crippen LogP contribution is 2.36. The third-order valence-corrected chi connectivity index (χ3v) is 7.31. The van der Waals surface area contributed by atoms with Crippen LogP contribution in [0.4, 0.5) is 0 Å². The molecule has 178 valence electrons. The largest absolute Gasteiger partial charge is 0.494 e. The monoisotopic (exact) mass is 460 g/mol. The minimum Gasteiger partial charge on any atom is -0.399 e. The van der Waals surface area contributed by atoms with E-state index in [1.165, 1.54) is 0 Å². The zero-order valence-electron chi connectivity index (χ0n) is 20.2. The van der Waals surface area contributed by atoms with Crippen molar-refractivity contribution in [3.63, 3.8) is 0 Å². The van der Waals surface area contributed by atoms with E-state index in [1.807, 2.05) is 35.4 Å². The van der Waals surface area contributed by atoms with Gasteiger partial charge in [0.1, 0.15) is 5.82 Å². The van der Waals surface area contributed by atoms with Gasteiger partial charge in [-0.15, -0.1) is 0 Å². The van der Waals surface area contributed by atoms with Crippen molar-refractivity contribution in [3.05, 3.63) is 66.4 Å². The number of benzene rings is 1. The fourth-order valence-corrected chi connectivity index (χ4v) is 4.58. The number of pyridine rings is 1. The SMILES string of the molecule is CC1(C)OB(c2ccc(-c3cnc([C@@H]4CCCN4C(=O)Cc4cccnc4)[nH]3)cc2)OC1(C)C.[HH]. The van der Waals surface area contributed by atoms with Gasteiger partial charge in [0.25, 0.3) is 0 Å². The van der Waals surface area contributed by atoms with Crippen LogP contribution in [0, 0.1) is 0 Å². The Balaban J connectivity index is 0.00000289. The molecule has 0 saturated carbocycles. The molecule has 34 heavy (non-hydrogen) atoms. The maximum Gasteiger partial charge on any atom is 0.494 e. The molecule has 1 atom stereocenters. The number of imidazole rings is 1. The highest BCUT2D eigenvalue weighted by Gasteiger charge is 2.51. The summed E-state index contributed by atoms with van der Waals surface area (Å²) in [5, 5.41) is 0. The van der Waals surface area contributed by atoms with Crippen molar-refractivity contribution in [2.24, 2.45) is 0 Å². The van der Waals surface area contributed by atoms with E-state index in [1.54, 1.807) is 12.4 Å². The summed E-state index contributed by atoms with van der Waals surface area (Å²) in [6, 6.07) is 12.0. The van der Waals surface area contributed by atoms with Gasteiger partial charge in [-0.25, -0.2) is 4.98 Å². The van der Waals surface area contributed by atoms with E-state index >= 15 is 0 Å². The highest BCUT2D eigenvalue weighted by molar-refractivity contribution is 6.62. The fourth-order valence-electron chi connectivity index (χ4n) is 4.58. The molecule has 0 aliphatic carbocycles. The second-order valence-electron chi connectivity index (χ2n) is 10.2. The van der Waals surface area contributed by atoms with E-state index in [2.05, 4.69) is 54.8 Å². The van der Waals surface area contributed by atoms with Gasteiger partial charge in [-0.05, 0) is 63.2 Å². The smallest absolute Gasteiger partial charge is 0.399 e. The van der Waals surface area contributed by atoms with Gasteiger partial charge in [-0.2, -0.15) is 0 Å². The first-order valence-electron chi connectivity index (χ1n) is 11.9. The molecule has 2 aliphatic heterocycles. The van der Waals surface area contributed by atoms with Crippen LogP contribution < -0.4 is 5.46 Å². The minimum absolute atomic E-state index is 0. The summed E-state index contributed by atoms with van der Waals surface area (Å²) in [5.41, 5.74) is 3.16. The normalized spacial score (nSPS) is 21.2. The number of amides is 1. The Morgan fingerprint density at radius 2 is 1.88 bits per heavy atom. The summed E-state index contributed by atoms with van der Waals surface area (Å²) in [6.45, 7) is 8.98. The molecule has 2 fully saturated rings. The van der Waals surface area contributed by atoms with Crippen LogP contribution in [0.5, 0.6) is 0 Å². The van der Waals surface area contributed by atoms with Gasteiger partial charge in [0.05, 0.1) is 35.6 Å². The quantitative estimate of drug-likeness (QED) is 0.584. The zero-order valence-corrected chi connectivity index (χ0v) is 20.2. The lowest BCUT2D eigenvalue weighted by molar-refractivity contribution is -0.131. The zero-order chi connectivity index (χ0) is 23.9. The van der Waals surface area contributed by atoms with Crippen molar-refractivity contribution in [3.8, 4) is 11.3 Å². The molecular weight excluding hydrogens is 427 g/mol. The molecule has 0 bridgehead atoms. The first-order valence-corrected chi connectivity index (χ1v) is 11.9. The van der Waals surface area contributed by atoms with E-state index in [0.29, 0.717) is 6.42 Å². The van der Waals surface area contributed by atoms with Crippen molar-refractivity contribution < 1.29 is 15.5 Å². The number of carbonyl (C=O) groups is 1. The number of hydrogen-bond acceptors (Lipinski definition) is 5. The van der Waals surface area contributed by atoms with Gasteiger partial charge >= 0.3 is 7.12 Å². The number of aromatic nitrogens is 3. The Morgan fingerprint density at radius 3 is 2.56 bits per heavy atom. The molecule has 0 radical (unpaired) electrons. The maximum atomic E-state index is 13.0. The first-order chi connectivity index (χ1) is 16.2. The van der Waals surface area contributed by atoms with E-state index in [4.69, 9.17) is 9.31 Å². The summed E-state index contributed by atoms with van der Waals surface area (Å²) >= 11 is 0. The Labute approximate surface area is 202 Å². The molecule has 2 aliphatic rings. The van der Waals surface area contributed by atoms with Gasteiger partial charge in [0.2, 0.25) is 5.91 Å². The first kappa shape index (κ1) is 22.8. The predicted octanol–water partition coefficient (Wildman–Crippen LogP) is 3.92. The lowest BCUT2D eigenvalue weighted by Crippen LogP contribution is -2.41. The average molecular weight is 460 g/mol. The van der Waals surface area contributed by atoms with Crippen molar-refractivity contribution >= 4 is 18.5 Å². The van der Waals surface area contributed by atoms with E-state index < -0.39 is 0 Å². The van der Waals surface area contributed by atoms with Crippen LogP contribution in [-0.2, 0) is 20.5 Å². The van der Waals surface area contributed by atoms with E-state index in [-0.39, 0.29) is 31.7 Å². The number of nitrogens with one attached hydrogen (secondary N) is 1. The van der Waals surface area contributed by atoms with Crippen molar-refractivity contribution in [1.82, 2.24) is 19.9 Å². The van der Waals surface area contributed by atoms with E-state index in [9.17, 15) is 4.79 Å². The Bertz CT molecular complexity index is 1150. The predicted molar refractivity (Wildman–Crippen MR) is 133 cm³/mol. The molecule has 2 saturated heterocycles. The molecule has 2 aromatic heterocycles. The number of aromatic amines is 1. The van der Waals surface area contributed by atoms with Gasteiger partial charge < -0.3 is 19.2 Å². The number of hydrogen-bond donors (Lipinski definition) is 1. The molecule has 8 heteroatoms. The molecule has 1 aromatic carbocycles. The molecule has 5 rings (SSSR count). The van der Waals surface area contributed by atoms with Crippen LogP contribution in [0.1, 0.15) is 59.4 Å². The topological polar surface area (TPSA) is 80.3 Å². The van der Waals surface area contributed by atoms with Crippen LogP contribution in [-0.4, -0.2) is 50.6 Å². The standard InChI is InChI=1S/C26H31BN4O3.H2/c1-25(2)26(3,4)34-27(33-25)20-11-9-19(10-12-20)21-17-29-24(30-21)22-8-6-14-31(22)23(32)15-18-7-5-13-28-16-18;/h5,7,9-13,16-17,22H,6,8,14-15H2,1-4H3,(H,29,30);1H/t22-;/m0./s1. The number of likely N-dealkylation sites (tertiary alicyclic amines) is 1. The second kappa shape index (κ2) is 8.67. The van der Waals surface area contributed by atoms with Gasteiger partial charge in [0, 0.05) is 20.4 Å². The van der Waals surface area contributed by atoms with Gasteiger partial charge in [-0.1, -0.05) is 30.3 Å². The number of H-pyrrole nitrogens is 1. The van der Waals surface area contributed by atoms with Gasteiger partial charge in [-0.3, -0.25) is 9.78 Å². The van der Waals surface area contributed by atoms with Crippen LogP contribution in [0.15, 0.2) is 55.0 Å². The summed E-state index contributed by atoms with van der Waals surface area (Å²) in [5.74, 6) is 0.947. The molecule has 7 nitrogen and oxygen atoms in total. The van der Waals surface area contributed by atoms with Crippen molar-refractivity contribution in [2.45, 2.75) is 64.2 Å². The van der Waals surface area contributed by atoms with E-state index in [0.717, 1.165) is 47.5 Å². The summed E-state index contributed by atoms with van der Waals surface area (Å²) < 4.78 is 12.3. The van der Waals surface area contributed by atoms with Crippen LogP contribution in [0.2, 0.25) is 0 Å². The van der Waals surface area contributed by atoms with Crippen molar-refractivity contribution in [1.29, 1.82) is 0 Å². The maximum absolute atomic E-state index is 13.0. The lowest BCUT2D eigenvalue weighted by atomic mass is 9.79. The lowest BCUT2D eigenvalue weighted by Gasteiger charge is -2.32. The van der Waals surface area contributed by atoms with Crippen LogP contribution in [0.3, 0.4) is 0 Å². The van der Waals surface area contributed by atoms with Crippen LogP contribution in [0.25, 0.3) is 11.3 Å². The average Bonchev–Trinajstić information content (AvgIpc) is 3.52. The third kappa shape index (κ3) is 4.28. The van der Waals surface area contributed by atoms with Crippen molar-refractivity contribution in [2.75, 3.05) is 6.54 Å². The molecule has 0 spiro atoms. The Hall–Kier alpha value is -2.97. The number of carbonyl (C=O) groups excluding carboxylic acids is 1.